The average molecular weight is 388 g/mol. The molecule has 1 fully saturated rings. The number of carbonyl (C=O) groups excluding carboxylic acids is 1. The van der Waals surface area contributed by atoms with Crippen LogP contribution in [0, 0.1) is 0 Å². The largest absolute Gasteiger partial charge is 0.481 e. The number of aromatic nitrogens is 2. The zero-order valence-corrected chi connectivity index (χ0v) is 16.4. The van der Waals surface area contributed by atoms with Crippen molar-refractivity contribution in [1.82, 2.24) is 10.2 Å². The lowest BCUT2D eigenvalue weighted by atomic mass is 10.1. The van der Waals surface area contributed by atoms with Crippen LogP contribution in [0.1, 0.15) is 19.8 Å². The van der Waals surface area contributed by atoms with Gasteiger partial charge in [-0.3, -0.25) is 4.79 Å². The van der Waals surface area contributed by atoms with Gasteiger partial charge in [0.25, 0.3) is 5.91 Å². The lowest BCUT2D eigenvalue weighted by Crippen LogP contribution is -2.30. The highest BCUT2D eigenvalue weighted by Crippen LogP contribution is 2.22. The Bertz CT molecular complexity index is 937. The molecule has 4 rings (SSSR count). The van der Waals surface area contributed by atoms with Crippen molar-refractivity contribution in [2.75, 3.05) is 23.3 Å². The fourth-order valence-corrected chi connectivity index (χ4v) is 3.32. The number of hydrogen-bond acceptors (Lipinski definition) is 5. The van der Waals surface area contributed by atoms with Gasteiger partial charge in [0, 0.05) is 24.3 Å². The fraction of sp³-hybridized carbons (Fsp3) is 0.261. The average Bonchev–Trinajstić information content (AvgIpc) is 3.30. The quantitative estimate of drug-likeness (QED) is 0.687. The predicted octanol–water partition coefficient (Wildman–Crippen LogP) is 4.15. The first-order chi connectivity index (χ1) is 14.2. The number of hydrogen-bond donors (Lipinski definition) is 1. The zero-order chi connectivity index (χ0) is 20.1. The van der Waals surface area contributed by atoms with Gasteiger partial charge in [0.1, 0.15) is 5.75 Å². The SMILES string of the molecule is CC(Oc1ccccc1)C(=O)Nc1ccc(-c2ccc(N3CCCC3)nn2)cc1. The molecule has 1 atom stereocenters. The molecule has 1 aliphatic rings. The van der Waals surface area contributed by atoms with Gasteiger partial charge in [-0.15, -0.1) is 10.2 Å². The van der Waals surface area contributed by atoms with Gasteiger partial charge in [-0.1, -0.05) is 30.3 Å². The van der Waals surface area contributed by atoms with Crippen LogP contribution in [0.5, 0.6) is 5.75 Å². The Hall–Kier alpha value is -3.41. The van der Waals surface area contributed by atoms with Crippen molar-refractivity contribution in [3.05, 3.63) is 66.7 Å². The second kappa shape index (κ2) is 8.73. The molecule has 2 aromatic carbocycles. The number of nitrogens with one attached hydrogen (secondary N) is 1. The van der Waals surface area contributed by atoms with Crippen LogP contribution in [0.4, 0.5) is 11.5 Å². The van der Waals surface area contributed by atoms with Crippen molar-refractivity contribution in [3.8, 4) is 17.0 Å². The van der Waals surface area contributed by atoms with Crippen LogP contribution < -0.4 is 15.0 Å². The minimum Gasteiger partial charge on any atom is -0.481 e. The predicted molar refractivity (Wildman–Crippen MR) is 114 cm³/mol. The number of amides is 1. The zero-order valence-electron chi connectivity index (χ0n) is 16.4. The Morgan fingerprint density at radius 2 is 1.69 bits per heavy atom. The van der Waals surface area contributed by atoms with E-state index in [1.165, 1.54) is 12.8 Å². The topological polar surface area (TPSA) is 67.3 Å². The summed E-state index contributed by atoms with van der Waals surface area (Å²) in [5, 5.41) is 11.6. The molecular formula is C23H24N4O2. The molecule has 29 heavy (non-hydrogen) atoms. The van der Waals surface area contributed by atoms with Crippen LogP contribution in [-0.4, -0.2) is 35.3 Å². The molecule has 0 radical (unpaired) electrons. The summed E-state index contributed by atoms with van der Waals surface area (Å²) in [5.74, 6) is 1.40. The van der Waals surface area contributed by atoms with E-state index in [0.717, 1.165) is 30.2 Å². The van der Waals surface area contributed by atoms with Crippen molar-refractivity contribution in [3.63, 3.8) is 0 Å². The maximum absolute atomic E-state index is 12.4. The third kappa shape index (κ3) is 4.71. The van der Waals surface area contributed by atoms with Gasteiger partial charge in [-0.05, 0) is 56.2 Å². The van der Waals surface area contributed by atoms with E-state index < -0.39 is 6.10 Å². The molecule has 1 amide bonds. The van der Waals surface area contributed by atoms with Crippen LogP contribution in [-0.2, 0) is 4.79 Å². The molecule has 6 nitrogen and oxygen atoms in total. The molecule has 1 N–H and O–H groups in total. The number of carbonyl (C=O) groups is 1. The number of rotatable bonds is 6. The molecule has 1 saturated heterocycles. The summed E-state index contributed by atoms with van der Waals surface area (Å²) in [6.45, 7) is 3.83. The first-order valence-corrected chi connectivity index (χ1v) is 9.91. The number of anilines is 2. The number of nitrogens with zero attached hydrogens (tertiary/aromatic N) is 3. The van der Waals surface area contributed by atoms with Gasteiger partial charge in [0.15, 0.2) is 11.9 Å². The molecule has 3 aromatic rings. The number of benzene rings is 2. The molecule has 1 unspecified atom stereocenters. The molecule has 0 saturated carbocycles. The summed E-state index contributed by atoms with van der Waals surface area (Å²) in [5.41, 5.74) is 2.48. The first kappa shape index (κ1) is 18.9. The minimum absolute atomic E-state index is 0.198. The van der Waals surface area contributed by atoms with Gasteiger partial charge in [-0.2, -0.15) is 0 Å². The Kier molecular flexibility index (Phi) is 5.70. The number of para-hydroxylation sites is 1. The highest BCUT2D eigenvalue weighted by atomic mass is 16.5. The van der Waals surface area contributed by atoms with Crippen molar-refractivity contribution >= 4 is 17.4 Å². The third-order valence-corrected chi connectivity index (χ3v) is 4.95. The summed E-state index contributed by atoms with van der Waals surface area (Å²) < 4.78 is 5.66. The van der Waals surface area contributed by atoms with E-state index in [4.69, 9.17) is 4.74 Å². The Labute approximate surface area is 170 Å². The minimum atomic E-state index is -0.596. The van der Waals surface area contributed by atoms with Crippen LogP contribution in [0.2, 0.25) is 0 Å². The van der Waals surface area contributed by atoms with Crippen LogP contribution >= 0.6 is 0 Å². The Morgan fingerprint density at radius 3 is 2.34 bits per heavy atom. The van der Waals surface area contributed by atoms with Crippen molar-refractivity contribution in [1.29, 1.82) is 0 Å². The third-order valence-electron chi connectivity index (χ3n) is 4.95. The molecular weight excluding hydrogens is 364 g/mol. The Balaban J connectivity index is 1.36. The van der Waals surface area contributed by atoms with Gasteiger partial charge < -0.3 is 15.0 Å². The maximum atomic E-state index is 12.4. The molecule has 2 heterocycles. The summed E-state index contributed by atoms with van der Waals surface area (Å²) in [6.07, 6.45) is 1.83. The summed E-state index contributed by atoms with van der Waals surface area (Å²) in [7, 11) is 0. The van der Waals surface area contributed by atoms with E-state index in [2.05, 4.69) is 20.4 Å². The van der Waals surface area contributed by atoms with Crippen LogP contribution in [0.3, 0.4) is 0 Å². The van der Waals surface area contributed by atoms with E-state index in [0.29, 0.717) is 11.4 Å². The summed E-state index contributed by atoms with van der Waals surface area (Å²) in [6, 6.07) is 20.9. The number of ether oxygens (including phenoxy) is 1. The molecule has 0 bridgehead atoms. The molecule has 148 valence electrons. The van der Waals surface area contributed by atoms with Crippen molar-refractivity contribution in [2.24, 2.45) is 0 Å². The summed E-state index contributed by atoms with van der Waals surface area (Å²) in [4.78, 5) is 14.6. The molecule has 1 aromatic heterocycles. The fourth-order valence-electron chi connectivity index (χ4n) is 3.32. The Morgan fingerprint density at radius 1 is 0.966 bits per heavy atom. The smallest absolute Gasteiger partial charge is 0.265 e. The molecule has 6 heteroatoms. The van der Waals surface area contributed by atoms with E-state index in [1.54, 1.807) is 6.92 Å². The van der Waals surface area contributed by atoms with Gasteiger partial charge in [0.2, 0.25) is 0 Å². The normalized spacial score (nSPS) is 14.4. The molecule has 0 spiro atoms. The lowest BCUT2D eigenvalue weighted by molar-refractivity contribution is -0.122. The maximum Gasteiger partial charge on any atom is 0.265 e. The van der Waals surface area contributed by atoms with E-state index >= 15 is 0 Å². The highest BCUT2D eigenvalue weighted by Gasteiger charge is 2.16. The molecule has 0 aliphatic carbocycles. The molecule has 1 aliphatic heterocycles. The highest BCUT2D eigenvalue weighted by molar-refractivity contribution is 5.94. The van der Waals surface area contributed by atoms with Crippen LogP contribution in [0.25, 0.3) is 11.3 Å². The second-order valence-corrected chi connectivity index (χ2v) is 7.11. The summed E-state index contributed by atoms with van der Waals surface area (Å²) >= 11 is 0. The second-order valence-electron chi connectivity index (χ2n) is 7.11. The van der Waals surface area contributed by atoms with Crippen molar-refractivity contribution < 1.29 is 9.53 Å². The van der Waals surface area contributed by atoms with E-state index in [9.17, 15) is 4.79 Å². The van der Waals surface area contributed by atoms with Crippen molar-refractivity contribution in [2.45, 2.75) is 25.9 Å². The first-order valence-electron chi connectivity index (χ1n) is 9.91. The lowest BCUT2D eigenvalue weighted by Gasteiger charge is -2.15. The van der Waals surface area contributed by atoms with Gasteiger partial charge in [0.05, 0.1) is 5.69 Å². The van der Waals surface area contributed by atoms with E-state index in [1.807, 2.05) is 66.7 Å². The van der Waals surface area contributed by atoms with Gasteiger partial charge in [-0.25, -0.2) is 0 Å². The van der Waals surface area contributed by atoms with Gasteiger partial charge >= 0.3 is 0 Å². The monoisotopic (exact) mass is 388 g/mol. The van der Waals surface area contributed by atoms with E-state index in [-0.39, 0.29) is 5.91 Å². The standard InChI is InChI=1S/C23H24N4O2/c1-17(29-20-7-3-2-4-8-20)23(28)24-19-11-9-18(10-12-19)21-13-14-22(26-25-21)27-15-5-6-16-27/h2-4,7-14,17H,5-6,15-16H2,1H3,(H,24,28). The van der Waals surface area contributed by atoms with Crippen LogP contribution in [0.15, 0.2) is 66.7 Å².